The van der Waals surface area contributed by atoms with Gasteiger partial charge in [-0.15, -0.1) is 0 Å². The minimum absolute atomic E-state index is 0.0508. The second-order valence-corrected chi connectivity index (χ2v) is 10.7. The Balaban J connectivity index is 2.07. The number of piperidine rings is 1. The van der Waals surface area contributed by atoms with Gasteiger partial charge in [-0.2, -0.15) is 0 Å². The standard InChI is InChI=1S/C15H21NO4S2/c1-21(17,18)12-4-5-13(14(10-12)22(2,19)20)16-9-3-6-15(11-16)7-8-15/h4-5,10H,3,6-9,11H2,1-2H3. The first-order valence-corrected chi connectivity index (χ1v) is 11.2. The van der Waals surface area contributed by atoms with Crippen molar-refractivity contribution in [2.45, 2.75) is 35.5 Å². The van der Waals surface area contributed by atoms with Crippen molar-refractivity contribution in [2.75, 3.05) is 30.5 Å². The van der Waals surface area contributed by atoms with Gasteiger partial charge in [-0.25, -0.2) is 16.8 Å². The lowest BCUT2D eigenvalue weighted by Crippen LogP contribution is -2.37. The van der Waals surface area contributed by atoms with Gasteiger partial charge in [0, 0.05) is 25.6 Å². The molecule has 1 saturated carbocycles. The highest BCUT2D eigenvalue weighted by molar-refractivity contribution is 7.91. The summed E-state index contributed by atoms with van der Waals surface area (Å²) in [6.07, 6.45) is 6.90. The molecule has 2 aliphatic rings. The second-order valence-electron chi connectivity index (χ2n) is 6.70. The lowest BCUT2D eigenvalue weighted by Gasteiger charge is -2.35. The SMILES string of the molecule is CS(=O)(=O)c1ccc(N2CCCC3(CC3)C2)c(S(C)(=O)=O)c1. The molecule has 1 spiro atoms. The third-order valence-corrected chi connectivity index (χ3v) is 6.95. The zero-order valence-electron chi connectivity index (χ0n) is 12.9. The van der Waals surface area contributed by atoms with Crippen molar-refractivity contribution < 1.29 is 16.8 Å². The van der Waals surface area contributed by atoms with Crippen molar-refractivity contribution in [3.05, 3.63) is 18.2 Å². The van der Waals surface area contributed by atoms with Crippen LogP contribution >= 0.6 is 0 Å². The zero-order chi connectivity index (χ0) is 16.2. The van der Waals surface area contributed by atoms with Gasteiger partial charge >= 0.3 is 0 Å². The third kappa shape index (κ3) is 3.01. The Hall–Kier alpha value is -1.08. The Labute approximate surface area is 132 Å². The molecule has 122 valence electrons. The molecule has 1 aliphatic heterocycles. The molecule has 1 aliphatic carbocycles. The van der Waals surface area contributed by atoms with Crippen LogP contribution in [0.3, 0.4) is 0 Å². The Morgan fingerprint density at radius 2 is 1.68 bits per heavy atom. The van der Waals surface area contributed by atoms with E-state index in [1.807, 2.05) is 0 Å². The fourth-order valence-electron chi connectivity index (χ4n) is 3.28. The molecule has 2 fully saturated rings. The zero-order valence-corrected chi connectivity index (χ0v) is 14.5. The van der Waals surface area contributed by atoms with Crippen LogP contribution in [-0.2, 0) is 19.7 Å². The minimum Gasteiger partial charge on any atom is -0.370 e. The smallest absolute Gasteiger partial charge is 0.177 e. The fraction of sp³-hybridized carbons (Fsp3) is 0.600. The van der Waals surface area contributed by atoms with Gasteiger partial charge in [-0.1, -0.05) is 0 Å². The number of nitrogens with zero attached hydrogens (tertiary/aromatic N) is 1. The minimum atomic E-state index is -3.49. The highest BCUT2D eigenvalue weighted by Crippen LogP contribution is 2.53. The summed E-state index contributed by atoms with van der Waals surface area (Å²) in [4.78, 5) is 2.28. The molecular formula is C15H21NO4S2. The van der Waals surface area contributed by atoms with Crippen LogP contribution in [0, 0.1) is 5.41 Å². The first kappa shape index (κ1) is 15.8. The molecule has 22 heavy (non-hydrogen) atoms. The summed E-state index contributed by atoms with van der Waals surface area (Å²) in [6.45, 7) is 1.69. The lowest BCUT2D eigenvalue weighted by atomic mass is 9.94. The van der Waals surface area contributed by atoms with Crippen LogP contribution in [0.2, 0.25) is 0 Å². The topological polar surface area (TPSA) is 71.5 Å². The number of hydrogen-bond donors (Lipinski definition) is 0. The first-order valence-electron chi connectivity index (χ1n) is 7.40. The molecule has 1 saturated heterocycles. The molecule has 0 amide bonds. The average molecular weight is 343 g/mol. The van der Waals surface area contributed by atoms with Crippen molar-refractivity contribution in [3.8, 4) is 0 Å². The van der Waals surface area contributed by atoms with Crippen molar-refractivity contribution in [1.29, 1.82) is 0 Å². The van der Waals surface area contributed by atoms with Crippen molar-refractivity contribution in [3.63, 3.8) is 0 Å². The van der Waals surface area contributed by atoms with Gasteiger partial charge in [0.15, 0.2) is 19.7 Å². The maximum Gasteiger partial charge on any atom is 0.177 e. The van der Waals surface area contributed by atoms with E-state index in [2.05, 4.69) is 4.90 Å². The van der Waals surface area contributed by atoms with Gasteiger partial charge in [0.25, 0.3) is 0 Å². The fourth-order valence-corrected chi connectivity index (χ4v) is 4.92. The van der Waals surface area contributed by atoms with E-state index in [1.54, 1.807) is 6.07 Å². The van der Waals surface area contributed by atoms with E-state index in [1.165, 1.54) is 31.4 Å². The molecule has 7 heteroatoms. The Bertz CT molecular complexity index is 808. The molecular weight excluding hydrogens is 322 g/mol. The Kier molecular flexibility index (Phi) is 3.56. The largest absolute Gasteiger partial charge is 0.370 e. The maximum absolute atomic E-state index is 12.1. The van der Waals surface area contributed by atoms with Gasteiger partial charge in [0.1, 0.15) is 0 Å². The van der Waals surface area contributed by atoms with Crippen molar-refractivity contribution in [2.24, 2.45) is 5.41 Å². The molecule has 0 unspecified atom stereocenters. The summed E-state index contributed by atoms with van der Waals surface area (Å²) in [7, 11) is -6.92. The van der Waals surface area contributed by atoms with Crippen LogP contribution in [-0.4, -0.2) is 42.4 Å². The normalized spacial score (nSPS) is 21.1. The van der Waals surface area contributed by atoms with Gasteiger partial charge in [0.2, 0.25) is 0 Å². The number of anilines is 1. The van der Waals surface area contributed by atoms with E-state index in [0.717, 1.165) is 32.0 Å². The molecule has 0 atom stereocenters. The molecule has 0 N–H and O–H groups in total. The summed E-state index contributed by atoms with van der Waals surface area (Å²) in [6, 6.07) is 4.45. The Morgan fingerprint density at radius 1 is 1.00 bits per heavy atom. The van der Waals surface area contributed by atoms with Crippen LogP contribution in [0.5, 0.6) is 0 Å². The number of hydrogen-bond acceptors (Lipinski definition) is 5. The van der Waals surface area contributed by atoms with E-state index in [-0.39, 0.29) is 9.79 Å². The predicted octanol–water partition coefficient (Wildman–Crippen LogP) is 1.87. The van der Waals surface area contributed by atoms with Crippen LogP contribution in [0.1, 0.15) is 25.7 Å². The summed E-state index contributed by atoms with van der Waals surface area (Å²) in [5, 5.41) is 0. The van der Waals surface area contributed by atoms with Crippen molar-refractivity contribution >= 4 is 25.4 Å². The van der Waals surface area contributed by atoms with Gasteiger partial charge in [-0.3, -0.25) is 0 Å². The molecule has 1 heterocycles. The predicted molar refractivity (Wildman–Crippen MR) is 85.8 cm³/mol. The van der Waals surface area contributed by atoms with E-state index in [4.69, 9.17) is 0 Å². The molecule has 1 aromatic rings. The third-order valence-electron chi connectivity index (χ3n) is 4.72. The quantitative estimate of drug-likeness (QED) is 0.838. The lowest BCUT2D eigenvalue weighted by molar-refractivity contribution is 0.394. The average Bonchev–Trinajstić information content (AvgIpc) is 3.15. The summed E-state index contributed by atoms with van der Waals surface area (Å²) in [5.74, 6) is 0. The van der Waals surface area contributed by atoms with E-state index >= 15 is 0 Å². The monoisotopic (exact) mass is 343 g/mol. The highest BCUT2D eigenvalue weighted by Gasteiger charge is 2.45. The van der Waals surface area contributed by atoms with Crippen molar-refractivity contribution in [1.82, 2.24) is 0 Å². The van der Waals surface area contributed by atoms with Crippen LogP contribution in [0.25, 0.3) is 0 Å². The number of rotatable bonds is 3. The summed E-state index contributed by atoms with van der Waals surface area (Å²) < 4.78 is 47.7. The van der Waals surface area contributed by atoms with E-state index in [9.17, 15) is 16.8 Å². The molecule has 1 aromatic carbocycles. The van der Waals surface area contributed by atoms with Crippen LogP contribution in [0.15, 0.2) is 28.0 Å². The number of benzene rings is 1. The summed E-state index contributed by atoms with van der Waals surface area (Å²) >= 11 is 0. The highest BCUT2D eigenvalue weighted by atomic mass is 32.2. The Morgan fingerprint density at radius 3 is 2.23 bits per heavy atom. The second kappa shape index (κ2) is 4.96. The molecule has 3 rings (SSSR count). The van der Waals surface area contributed by atoms with Crippen LogP contribution < -0.4 is 4.90 Å². The van der Waals surface area contributed by atoms with Crippen LogP contribution in [0.4, 0.5) is 5.69 Å². The van der Waals surface area contributed by atoms with E-state index in [0.29, 0.717) is 11.1 Å². The number of sulfone groups is 2. The molecule has 0 radical (unpaired) electrons. The first-order chi connectivity index (χ1) is 10.1. The summed E-state index contributed by atoms with van der Waals surface area (Å²) in [5.41, 5.74) is 1.00. The molecule has 0 bridgehead atoms. The van der Waals surface area contributed by atoms with Gasteiger partial charge in [-0.05, 0) is 49.3 Å². The molecule has 0 aromatic heterocycles. The maximum atomic E-state index is 12.1. The molecule has 5 nitrogen and oxygen atoms in total. The van der Waals surface area contributed by atoms with Gasteiger partial charge in [0.05, 0.1) is 15.5 Å². The van der Waals surface area contributed by atoms with E-state index < -0.39 is 19.7 Å². The van der Waals surface area contributed by atoms with Gasteiger partial charge < -0.3 is 4.90 Å².